The first-order valence-electron chi connectivity index (χ1n) is 13.7. The van der Waals surface area contributed by atoms with Crippen molar-refractivity contribution in [2.45, 2.75) is 50.5 Å². The molecule has 37 heavy (non-hydrogen) atoms. The summed E-state index contributed by atoms with van der Waals surface area (Å²) in [6.45, 7) is 14.0. The number of likely N-dealkylation sites (tertiary alicyclic amines) is 1. The van der Waals surface area contributed by atoms with Gasteiger partial charge in [-0.15, -0.1) is 0 Å². The first kappa shape index (κ1) is 25.3. The molecule has 1 N–H and O–H groups in total. The number of nitrogens with zero attached hydrogens (tertiary/aromatic N) is 4. The minimum atomic E-state index is -0.568. The lowest BCUT2D eigenvalue weighted by Gasteiger charge is -2.48. The minimum absolute atomic E-state index is 0.00324. The van der Waals surface area contributed by atoms with E-state index in [0.29, 0.717) is 11.6 Å². The number of rotatable bonds is 7. The smallest absolute Gasteiger partial charge is 0.217 e. The molecule has 192 valence electrons. The fourth-order valence-electron chi connectivity index (χ4n) is 7.21. The Balaban J connectivity index is 1.24. The molecule has 2 saturated heterocycles. The van der Waals surface area contributed by atoms with E-state index >= 15 is 0 Å². The molecule has 2 aromatic rings. The van der Waals surface area contributed by atoms with Gasteiger partial charge in [-0.3, -0.25) is 4.79 Å². The first-order valence-corrected chi connectivity index (χ1v) is 13.7. The van der Waals surface area contributed by atoms with Gasteiger partial charge in [-0.25, -0.2) is 4.85 Å². The number of piperidine rings is 1. The highest BCUT2D eigenvalue weighted by molar-refractivity contribution is 5.73. The monoisotopic (exact) mass is 495 g/mol. The van der Waals surface area contributed by atoms with Crippen LogP contribution in [-0.4, -0.2) is 49.6 Å². The zero-order valence-corrected chi connectivity index (χ0v) is 21.8. The van der Waals surface area contributed by atoms with Crippen LogP contribution in [0.3, 0.4) is 0 Å². The van der Waals surface area contributed by atoms with Crippen LogP contribution in [0.25, 0.3) is 4.85 Å². The number of anilines is 1. The zero-order chi connectivity index (χ0) is 25.8. The molecule has 0 bridgehead atoms. The number of amides is 1. The van der Waals surface area contributed by atoms with E-state index < -0.39 is 5.41 Å². The fraction of sp³-hybridized carbons (Fsp3) is 0.516. The third kappa shape index (κ3) is 5.09. The molecular weight excluding hydrogens is 458 g/mol. The number of benzene rings is 2. The van der Waals surface area contributed by atoms with Gasteiger partial charge in [-0.2, -0.15) is 5.26 Å². The Morgan fingerprint density at radius 3 is 2.41 bits per heavy atom. The van der Waals surface area contributed by atoms with Crippen molar-refractivity contribution in [3.63, 3.8) is 0 Å². The van der Waals surface area contributed by atoms with Gasteiger partial charge in [0.2, 0.25) is 5.91 Å². The standard InChI is InChI=1S/C31H37N5O/c1-23(37)34-30-10-6-9-29(30)31(22-32,25-7-4-3-5-8-25)26-15-17-35(18-16-26)19-24-20-36(21-24)28-13-11-27(33-2)12-14-28/h3-5,7-8,11-14,24,26,29-30H,6,9-10,15-21H2,1H3,(H,34,37)/t29-,30-,31?/m1/s1. The third-order valence-corrected chi connectivity index (χ3v) is 8.97. The average molecular weight is 496 g/mol. The summed E-state index contributed by atoms with van der Waals surface area (Å²) in [7, 11) is 0. The Bertz CT molecular complexity index is 1150. The quantitative estimate of drug-likeness (QED) is 0.540. The van der Waals surface area contributed by atoms with Gasteiger partial charge in [0.25, 0.3) is 0 Å². The fourth-order valence-corrected chi connectivity index (χ4v) is 7.21. The Morgan fingerprint density at radius 2 is 1.78 bits per heavy atom. The maximum Gasteiger partial charge on any atom is 0.217 e. The summed E-state index contributed by atoms with van der Waals surface area (Å²) in [4.78, 5) is 20.4. The molecule has 1 unspecified atom stereocenters. The molecule has 2 aliphatic heterocycles. The van der Waals surface area contributed by atoms with Crippen molar-refractivity contribution < 1.29 is 4.79 Å². The second-order valence-electron chi connectivity index (χ2n) is 11.2. The maximum absolute atomic E-state index is 12.0. The predicted molar refractivity (Wildman–Crippen MR) is 146 cm³/mol. The van der Waals surface area contributed by atoms with Gasteiger partial charge >= 0.3 is 0 Å². The number of nitrogens with one attached hydrogen (secondary N) is 1. The SMILES string of the molecule is [C-]#[N+]c1ccc(N2CC(CN3CCC(C(C#N)(c4ccccc4)[C@@H]4CCC[C@H]4NC(C)=O)CC3)C2)cc1. The van der Waals surface area contributed by atoms with Crippen molar-refractivity contribution in [3.05, 3.63) is 71.6 Å². The number of hydrogen-bond acceptors (Lipinski definition) is 4. The summed E-state index contributed by atoms with van der Waals surface area (Å²) in [5, 5.41) is 14.0. The minimum Gasteiger partial charge on any atom is -0.371 e. The number of hydrogen-bond donors (Lipinski definition) is 1. The lowest BCUT2D eigenvalue weighted by molar-refractivity contribution is -0.120. The van der Waals surface area contributed by atoms with Crippen LogP contribution in [-0.2, 0) is 10.2 Å². The topological polar surface area (TPSA) is 63.7 Å². The van der Waals surface area contributed by atoms with E-state index in [4.69, 9.17) is 6.57 Å². The summed E-state index contributed by atoms with van der Waals surface area (Å²) in [5.41, 5.74) is 2.45. The van der Waals surface area contributed by atoms with Gasteiger partial charge in [0.1, 0.15) is 0 Å². The van der Waals surface area contributed by atoms with Crippen LogP contribution >= 0.6 is 0 Å². The summed E-state index contributed by atoms with van der Waals surface area (Å²) in [6, 6.07) is 21.2. The van der Waals surface area contributed by atoms with E-state index in [2.05, 4.69) is 62.4 Å². The molecule has 0 aromatic heterocycles. The van der Waals surface area contributed by atoms with E-state index in [1.165, 1.54) is 5.69 Å². The highest BCUT2D eigenvalue weighted by atomic mass is 16.1. The number of nitriles is 1. The molecule has 1 amide bonds. The van der Waals surface area contributed by atoms with E-state index in [1.807, 2.05) is 18.2 Å². The molecule has 0 spiro atoms. The third-order valence-electron chi connectivity index (χ3n) is 8.97. The molecule has 6 nitrogen and oxygen atoms in total. The van der Waals surface area contributed by atoms with Crippen LogP contribution in [0.1, 0.15) is 44.6 Å². The summed E-state index contributed by atoms with van der Waals surface area (Å²) in [5.74, 6) is 1.10. The first-order chi connectivity index (χ1) is 18.0. The van der Waals surface area contributed by atoms with E-state index in [-0.39, 0.29) is 23.8 Å². The molecule has 3 fully saturated rings. The van der Waals surface area contributed by atoms with E-state index in [0.717, 1.165) is 70.4 Å². The molecule has 0 radical (unpaired) electrons. The summed E-state index contributed by atoms with van der Waals surface area (Å²) in [6.07, 6.45) is 5.03. The molecular formula is C31H37N5O. The van der Waals surface area contributed by atoms with Crippen molar-refractivity contribution in [2.75, 3.05) is 37.6 Å². The Labute approximate surface area is 221 Å². The van der Waals surface area contributed by atoms with Gasteiger partial charge < -0.3 is 15.1 Å². The van der Waals surface area contributed by atoms with Gasteiger partial charge in [0.15, 0.2) is 5.69 Å². The molecule has 2 heterocycles. The Morgan fingerprint density at radius 1 is 1.08 bits per heavy atom. The highest BCUT2D eigenvalue weighted by Crippen LogP contribution is 2.50. The van der Waals surface area contributed by atoms with E-state index in [1.54, 1.807) is 6.92 Å². The van der Waals surface area contributed by atoms with Gasteiger partial charge in [-0.05, 0) is 62.4 Å². The number of carbonyl (C=O) groups excluding carboxylic acids is 1. The number of carbonyl (C=O) groups is 1. The van der Waals surface area contributed by atoms with Crippen LogP contribution in [0, 0.1) is 35.7 Å². The molecule has 1 aliphatic carbocycles. The van der Waals surface area contributed by atoms with Gasteiger partial charge in [0.05, 0.1) is 18.1 Å². The van der Waals surface area contributed by atoms with Crippen LogP contribution < -0.4 is 10.2 Å². The van der Waals surface area contributed by atoms with Crippen molar-refractivity contribution in [3.8, 4) is 6.07 Å². The van der Waals surface area contributed by atoms with Gasteiger partial charge in [0, 0.05) is 50.1 Å². The molecule has 2 aromatic carbocycles. The lowest BCUT2D eigenvalue weighted by Crippen LogP contribution is -2.55. The van der Waals surface area contributed by atoms with Crippen molar-refractivity contribution in [1.82, 2.24) is 10.2 Å². The molecule has 3 aliphatic rings. The second kappa shape index (κ2) is 11.0. The Kier molecular flexibility index (Phi) is 7.49. The van der Waals surface area contributed by atoms with Crippen LogP contribution in [0.4, 0.5) is 11.4 Å². The van der Waals surface area contributed by atoms with Gasteiger partial charge in [-0.1, -0.05) is 48.9 Å². The molecule has 1 saturated carbocycles. The van der Waals surface area contributed by atoms with Crippen LogP contribution in [0.15, 0.2) is 54.6 Å². The molecule has 5 rings (SSSR count). The largest absolute Gasteiger partial charge is 0.371 e. The Hall–Kier alpha value is -3.35. The maximum atomic E-state index is 12.0. The van der Waals surface area contributed by atoms with E-state index in [9.17, 15) is 10.1 Å². The van der Waals surface area contributed by atoms with Crippen molar-refractivity contribution in [2.24, 2.45) is 17.8 Å². The summed E-state index contributed by atoms with van der Waals surface area (Å²) < 4.78 is 0. The van der Waals surface area contributed by atoms with Crippen LogP contribution in [0.2, 0.25) is 0 Å². The lowest BCUT2D eigenvalue weighted by atomic mass is 9.59. The normalized spacial score (nSPS) is 24.5. The van der Waals surface area contributed by atoms with Crippen molar-refractivity contribution >= 4 is 17.3 Å². The second-order valence-corrected chi connectivity index (χ2v) is 11.2. The molecule has 3 atom stereocenters. The zero-order valence-electron chi connectivity index (χ0n) is 21.8. The highest BCUT2D eigenvalue weighted by Gasteiger charge is 2.52. The molecule has 6 heteroatoms. The predicted octanol–water partition coefficient (Wildman–Crippen LogP) is 5.15. The average Bonchev–Trinajstić information content (AvgIpc) is 3.36. The van der Waals surface area contributed by atoms with Crippen LogP contribution in [0.5, 0.6) is 0 Å². The summed E-state index contributed by atoms with van der Waals surface area (Å²) >= 11 is 0. The van der Waals surface area contributed by atoms with Crippen molar-refractivity contribution in [1.29, 1.82) is 5.26 Å².